The van der Waals surface area contributed by atoms with Gasteiger partial charge in [-0.05, 0) is 24.3 Å². The summed E-state index contributed by atoms with van der Waals surface area (Å²) < 4.78 is 13.6. The fourth-order valence-corrected chi connectivity index (χ4v) is 2.09. The number of halogens is 1. The van der Waals surface area contributed by atoms with E-state index >= 15 is 0 Å². The summed E-state index contributed by atoms with van der Waals surface area (Å²) in [6, 6.07) is 14.8. The number of nitrogens with zero attached hydrogens (tertiary/aromatic N) is 3. The smallest absolute Gasteiger partial charge is 0.275 e. The molecule has 1 amide bonds. The van der Waals surface area contributed by atoms with Crippen LogP contribution in [-0.4, -0.2) is 15.9 Å². The predicted octanol–water partition coefficient (Wildman–Crippen LogP) is 3.48. The molecule has 3 aromatic rings. The summed E-state index contributed by atoms with van der Waals surface area (Å²) in [6.45, 7) is 0. The van der Waals surface area contributed by atoms with Crippen LogP contribution >= 0.6 is 0 Å². The Morgan fingerprint density at radius 2 is 1.72 bits per heavy atom. The minimum absolute atomic E-state index is 0.0758. The van der Waals surface area contributed by atoms with Crippen molar-refractivity contribution in [1.29, 1.82) is 5.26 Å². The van der Waals surface area contributed by atoms with Crippen molar-refractivity contribution in [2.75, 3.05) is 10.6 Å². The second-order valence-corrected chi connectivity index (χ2v) is 5.00. The number of carbonyl (C=O) groups excluding carboxylic acids is 1. The van der Waals surface area contributed by atoms with Crippen molar-refractivity contribution in [2.24, 2.45) is 0 Å². The maximum atomic E-state index is 13.6. The molecule has 0 fully saturated rings. The summed E-state index contributed by atoms with van der Waals surface area (Å²) in [5, 5.41) is 14.4. The number of aromatic nitrogens is 2. The van der Waals surface area contributed by atoms with E-state index in [4.69, 9.17) is 5.26 Å². The molecule has 2 N–H and O–H groups in total. The molecule has 0 aliphatic carbocycles. The Bertz CT molecular complexity index is 950. The minimum atomic E-state index is -0.493. The van der Waals surface area contributed by atoms with Crippen LogP contribution in [0.3, 0.4) is 0 Å². The molecule has 7 heteroatoms. The Morgan fingerprint density at radius 3 is 2.40 bits per heavy atom. The van der Waals surface area contributed by atoms with E-state index in [1.165, 1.54) is 18.5 Å². The third-order valence-corrected chi connectivity index (χ3v) is 3.32. The highest BCUT2D eigenvalue weighted by Crippen LogP contribution is 2.18. The average Bonchev–Trinajstić information content (AvgIpc) is 2.64. The van der Waals surface area contributed by atoms with Gasteiger partial charge < -0.3 is 10.6 Å². The molecular weight excluding hydrogens is 321 g/mol. The molecule has 0 saturated carbocycles. The number of hydrogen-bond donors (Lipinski definition) is 2. The molecule has 1 heterocycles. The number of anilines is 3. The molecule has 0 radical (unpaired) electrons. The van der Waals surface area contributed by atoms with E-state index in [1.807, 2.05) is 6.07 Å². The van der Waals surface area contributed by atoms with E-state index in [0.717, 1.165) is 0 Å². The zero-order chi connectivity index (χ0) is 17.6. The van der Waals surface area contributed by atoms with Crippen molar-refractivity contribution < 1.29 is 9.18 Å². The normalized spacial score (nSPS) is 9.92. The molecule has 0 unspecified atom stereocenters. The summed E-state index contributed by atoms with van der Waals surface area (Å²) in [5.41, 5.74) is 1.08. The van der Waals surface area contributed by atoms with E-state index in [-0.39, 0.29) is 11.4 Å². The molecular formula is C18H12FN5O. The van der Waals surface area contributed by atoms with Gasteiger partial charge in [-0.25, -0.2) is 14.4 Å². The maximum absolute atomic E-state index is 13.6. The molecule has 0 saturated heterocycles. The van der Waals surface area contributed by atoms with E-state index < -0.39 is 11.7 Å². The molecule has 1 aromatic heterocycles. The second-order valence-electron chi connectivity index (χ2n) is 5.00. The van der Waals surface area contributed by atoms with Crippen LogP contribution in [0.5, 0.6) is 0 Å². The fraction of sp³-hybridized carbons (Fsp3) is 0. The quantitative estimate of drug-likeness (QED) is 0.763. The lowest BCUT2D eigenvalue weighted by molar-refractivity contribution is 0.102. The van der Waals surface area contributed by atoms with Crippen LogP contribution in [0.25, 0.3) is 0 Å². The average molecular weight is 333 g/mol. The van der Waals surface area contributed by atoms with Gasteiger partial charge in [-0.15, -0.1) is 0 Å². The molecule has 3 rings (SSSR count). The third-order valence-electron chi connectivity index (χ3n) is 3.32. The Kier molecular flexibility index (Phi) is 4.62. The molecule has 122 valence electrons. The first-order chi connectivity index (χ1) is 12.2. The molecule has 0 atom stereocenters. The van der Waals surface area contributed by atoms with Crippen molar-refractivity contribution in [3.63, 3.8) is 0 Å². The maximum Gasteiger partial charge on any atom is 0.275 e. The molecule has 25 heavy (non-hydrogen) atoms. The largest absolute Gasteiger partial charge is 0.337 e. The number of para-hydroxylation sites is 2. The first-order valence-electron chi connectivity index (χ1n) is 7.31. The Morgan fingerprint density at radius 1 is 1.00 bits per heavy atom. The molecule has 0 bridgehead atoms. The minimum Gasteiger partial charge on any atom is -0.337 e. The van der Waals surface area contributed by atoms with Crippen LogP contribution in [0.1, 0.15) is 16.1 Å². The number of rotatable bonds is 4. The van der Waals surface area contributed by atoms with Crippen molar-refractivity contribution in [3.05, 3.63) is 78.0 Å². The lowest BCUT2D eigenvalue weighted by Gasteiger charge is -2.08. The number of nitriles is 1. The van der Waals surface area contributed by atoms with Crippen LogP contribution in [-0.2, 0) is 0 Å². The van der Waals surface area contributed by atoms with Crippen molar-refractivity contribution in [2.45, 2.75) is 0 Å². The van der Waals surface area contributed by atoms with Crippen LogP contribution < -0.4 is 10.6 Å². The van der Waals surface area contributed by atoms with E-state index in [0.29, 0.717) is 17.1 Å². The van der Waals surface area contributed by atoms with Crippen molar-refractivity contribution >= 4 is 23.1 Å². The first kappa shape index (κ1) is 16.1. The monoisotopic (exact) mass is 333 g/mol. The second kappa shape index (κ2) is 7.19. The molecule has 0 aliphatic rings. The topological polar surface area (TPSA) is 90.7 Å². The van der Waals surface area contributed by atoms with Gasteiger partial charge in [-0.3, -0.25) is 4.79 Å². The highest BCUT2D eigenvalue weighted by Gasteiger charge is 2.11. The number of benzene rings is 2. The lowest BCUT2D eigenvalue weighted by atomic mass is 10.2. The molecule has 6 nitrogen and oxygen atoms in total. The van der Waals surface area contributed by atoms with Gasteiger partial charge in [0.25, 0.3) is 5.91 Å². The Balaban J connectivity index is 1.73. The summed E-state index contributed by atoms with van der Waals surface area (Å²) in [6.07, 6.45) is 2.60. The van der Waals surface area contributed by atoms with Gasteiger partial charge in [0.2, 0.25) is 0 Å². The zero-order valence-corrected chi connectivity index (χ0v) is 12.9. The van der Waals surface area contributed by atoms with Gasteiger partial charge in [-0.2, -0.15) is 5.26 Å². The SMILES string of the molecule is N#Cc1ccccc1NC(=O)c1cnc(Nc2ccccc2F)cn1. The van der Waals surface area contributed by atoms with Gasteiger partial charge in [0.1, 0.15) is 23.4 Å². The molecule has 0 spiro atoms. The van der Waals surface area contributed by atoms with Gasteiger partial charge >= 0.3 is 0 Å². The fourth-order valence-electron chi connectivity index (χ4n) is 2.09. The summed E-state index contributed by atoms with van der Waals surface area (Å²) in [5.74, 6) is -0.606. The van der Waals surface area contributed by atoms with Gasteiger partial charge in [0, 0.05) is 0 Å². The van der Waals surface area contributed by atoms with Gasteiger partial charge in [0.15, 0.2) is 0 Å². The van der Waals surface area contributed by atoms with Gasteiger partial charge in [-0.1, -0.05) is 24.3 Å². The summed E-state index contributed by atoms with van der Waals surface area (Å²) in [4.78, 5) is 20.3. The standard InChI is InChI=1S/C18H12FN5O/c19-13-6-2-4-8-15(13)23-17-11-21-16(10-22-17)18(25)24-14-7-3-1-5-12(14)9-20/h1-8,10-11H,(H,22,23)(H,24,25). The van der Waals surface area contributed by atoms with Gasteiger partial charge in [0.05, 0.1) is 29.3 Å². The van der Waals surface area contributed by atoms with Crippen LogP contribution in [0.15, 0.2) is 60.9 Å². The Labute approximate surface area is 143 Å². The summed E-state index contributed by atoms with van der Waals surface area (Å²) in [7, 11) is 0. The van der Waals surface area contributed by atoms with E-state index in [9.17, 15) is 9.18 Å². The van der Waals surface area contributed by atoms with Crippen molar-refractivity contribution in [1.82, 2.24) is 9.97 Å². The molecule has 2 aromatic carbocycles. The third kappa shape index (κ3) is 3.76. The predicted molar refractivity (Wildman–Crippen MR) is 90.8 cm³/mol. The highest BCUT2D eigenvalue weighted by molar-refractivity contribution is 6.03. The van der Waals surface area contributed by atoms with E-state index in [1.54, 1.807) is 42.5 Å². The first-order valence-corrected chi connectivity index (χ1v) is 7.31. The zero-order valence-electron chi connectivity index (χ0n) is 12.9. The van der Waals surface area contributed by atoms with Crippen molar-refractivity contribution in [3.8, 4) is 6.07 Å². The van der Waals surface area contributed by atoms with E-state index in [2.05, 4.69) is 20.6 Å². The molecule has 0 aliphatic heterocycles. The van der Waals surface area contributed by atoms with Crippen LogP contribution in [0.4, 0.5) is 21.6 Å². The highest BCUT2D eigenvalue weighted by atomic mass is 19.1. The summed E-state index contributed by atoms with van der Waals surface area (Å²) >= 11 is 0. The van der Waals surface area contributed by atoms with Crippen LogP contribution in [0.2, 0.25) is 0 Å². The van der Waals surface area contributed by atoms with Crippen LogP contribution in [0, 0.1) is 17.1 Å². The number of carbonyl (C=O) groups is 1. The number of nitrogens with one attached hydrogen (secondary N) is 2. The number of hydrogen-bond acceptors (Lipinski definition) is 5. The Hall–Kier alpha value is -3.79. The number of amides is 1. The lowest BCUT2D eigenvalue weighted by Crippen LogP contribution is -2.15.